The first-order valence-electron chi connectivity index (χ1n) is 7.18. The quantitative estimate of drug-likeness (QED) is 0.746. The zero-order valence-corrected chi connectivity index (χ0v) is 13.1. The van der Waals surface area contributed by atoms with E-state index in [4.69, 9.17) is 9.47 Å². The maximum atomic E-state index is 11.1. The van der Waals surface area contributed by atoms with Gasteiger partial charge in [-0.25, -0.2) is 14.8 Å². The van der Waals surface area contributed by atoms with Crippen LogP contribution in [0.3, 0.4) is 0 Å². The smallest absolute Gasteiger partial charge is 0.343 e. The van der Waals surface area contributed by atoms with E-state index in [-0.39, 0.29) is 6.61 Å². The molecule has 0 aliphatic rings. The van der Waals surface area contributed by atoms with Crippen LogP contribution >= 0.6 is 0 Å². The number of anilines is 1. The molecule has 1 aromatic heterocycles. The van der Waals surface area contributed by atoms with Crippen molar-refractivity contribution in [3.8, 4) is 11.6 Å². The Bertz CT molecular complexity index is 649. The third kappa shape index (κ3) is 5.46. The molecule has 0 amide bonds. The summed E-state index contributed by atoms with van der Waals surface area (Å²) in [5, 5.41) is 3.18. The molecule has 0 saturated carbocycles. The molecule has 0 atom stereocenters. The molecule has 1 heterocycles. The maximum Gasteiger partial charge on any atom is 0.343 e. The molecule has 0 fully saturated rings. The number of hydrogen-bond donors (Lipinski definition) is 1. The Labute approximate surface area is 134 Å². The molecule has 0 spiro atoms. The molecule has 0 aliphatic carbocycles. The molecule has 122 valence electrons. The molecule has 1 aromatic carbocycles. The number of carbonyl (C=O) groups excluding carboxylic acids is 1. The third-order valence-corrected chi connectivity index (χ3v) is 2.89. The fourth-order valence-electron chi connectivity index (χ4n) is 1.80. The van der Waals surface area contributed by atoms with Gasteiger partial charge in [-0.3, -0.25) is 0 Å². The van der Waals surface area contributed by atoms with E-state index in [0.29, 0.717) is 30.6 Å². The summed E-state index contributed by atoms with van der Waals surface area (Å²) >= 11 is 0. The number of carbonyl (C=O) groups is 1. The van der Waals surface area contributed by atoms with Crippen LogP contribution in [0.1, 0.15) is 12.5 Å². The predicted molar refractivity (Wildman–Crippen MR) is 84.5 cm³/mol. The maximum absolute atomic E-state index is 11.1. The van der Waals surface area contributed by atoms with Crippen molar-refractivity contribution >= 4 is 11.8 Å². The van der Waals surface area contributed by atoms with Gasteiger partial charge in [0.1, 0.15) is 17.9 Å². The van der Waals surface area contributed by atoms with Crippen LogP contribution in [-0.4, -0.2) is 36.3 Å². The Morgan fingerprint density at radius 1 is 1.22 bits per heavy atom. The van der Waals surface area contributed by atoms with Crippen molar-refractivity contribution in [2.45, 2.75) is 13.5 Å². The van der Waals surface area contributed by atoms with Gasteiger partial charge in [0.25, 0.3) is 0 Å². The van der Waals surface area contributed by atoms with Gasteiger partial charge in [-0.05, 0) is 24.6 Å². The summed E-state index contributed by atoms with van der Waals surface area (Å²) < 4.78 is 15.2. The average molecular weight is 317 g/mol. The fourth-order valence-corrected chi connectivity index (χ4v) is 1.80. The molecule has 7 nitrogen and oxygen atoms in total. The lowest BCUT2D eigenvalue weighted by molar-refractivity contribution is -0.142. The highest BCUT2D eigenvalue weighted by molar-refractivity contribution is 5.70. The number of aromatic nitrogens is 2. The molecule has 0 aliphatic heterocycles. The molecule has 7 heteroatoms. The number of nitrogens with one attached hydrogen (secondary N) is 1. The highest BCUT2D eigenvalue weighted by Crippen LogP contribution is 2.16. The van der Waals surface area contributed by atoms with Crippen LogP contribution in [0.4, 0.5) is 5.82 Å². The standard InChI is InChI=1S/C16H19N3O4/c1-3-22-15-8-14(18-11-19-15)17-9-12-5-4-6-13(7-12)23-10-16(20)21-2/h4-8,11H,3,9-10H2,1-2H3,(H,17,18,19). The van der Waals surface area contributed by atoms with Crippen molar-refractivity contribution in [3.63, 3.8) is 0 Å². The molecule has 0 saturated heterocycles. The molecule has 1 N–H and O–H groups in total. The van der Waals surface area contributed by atoms with E-state index in [1.54, 1.807) is 12.1 Å². The first-order chi connectivity index (χ1) is 11.2. The van der Waals surface area contributed by atoms with Gasteiger partial charge in [-0.2, -0.15) is 0 Å². The second-order valence-electron chi connectivity index (χ2n) is 4.54. The second-order valence-corrected chi connectivity index (χ2v) is 4.54. The van der Waals surface area contributed by atoms with Crippen LogP contribution < -0.4 is 14.8 Å². The lowest BCUT2D eigenvalue weighted by atomic mass is 10.2. The van der Waals surface area contributed by atoms with Crippen LogP contribution in [0.5, 0.6) is 11.6 Å². The number of esters is 1. The first-order valence-corrected chi connectivity index (χ1v) is 7.18. The van der Waals surface area contributed by atoms with Gasteiger partial charge >= 0.3 is 5.97 Å². The monoisotopic (exact) mass is 317 g/mol. The molecule has 0 radical (unpaired) electrons. The highest BCUT2D eigenvalue weighted by atomic mass is 16.6. The van der Waals surface area contributed by atoms with Crippen LogP contribution in [0.15, 0.2) is 36.7 Å². The lowest BCUT2D eigenvalue weighted by Crippen LogP contribution is -2.12. The number of ether oxygens (including phenoxy) is 3. The SMILES string of the molecule is CCOc1cc(NCc2cccc(OCC(=O)OC)c2)ncn1. The Hall–Kier alpha value is -2.83. The average Bonchev–Trinajstić information content (AvgIpc) is 2.59. The molecule has 0 unspecified atom stereocenters. The number of methoxy groups -OCH3 is 1. The predicted octanol–water partition coefficient (Wildman–Crippen LogP) is 2.04. The highest BCUT2D eigenvalue weighted by Gasteiger charge is 2.03. The molecule has 2 aromatic rings. The molecule has 2 rings (SSSR count). The van der Waals surface area contributed by atoms with Crippen molar-refractivity contribution < 1.29 is 19.0 Å². The Morgan fingerprint density at radius 3 is 2.87 bits per heavy atom. The van der Waals surface area contributed by atoms with E-state index in [9.17, 15) is 4.79 Å². The van der Waals surface area contributed by atoms with E-state index in [1.165, 1.54) is 13.4 Å². The zero-order valence-electron chi connectivity index (χ0n) is 13.1. The van der Waals surface area contributed by atoms with E-state index >= 15 is 0 Å². The summed E-state index contributed by atoms with van der Waals surface area (Å²) in [6.07, 6.45) is 1.45. The Morgan fingerprint density at radius 2 is 2.09 bits per heavy atom. The van der Waals surface area contributed by atoms with Crippen LogP contribution in [0.25, 0.3) is 0 Å². The van der Waals surface area contributed by atoms with Crippen LogP contribution in [-0.2, 0) is 16.1 Å². The summed E-state index contributed by atoms with van der Waals surface area (Å²) in [6, 6.07) is 9.17. The topological polar surface area (TPSA) is 82.6 Å². The number of rotatable bonds is 8. The first kappa shape index (κ1) is 16.5. The number of nitrogens with zero attached hydrogens (tertiary/aromatic N) is 2. The van der Waals surface area contributed by atoms with E-state index in [2.05, 4.69) is 20.0 Å². The van der Waals surface area contributed by atoms with Crippen molar-refractivity contribution in [2.24, 2.45) is 0 Å². The minimum Gasteiger partial charge on any atom is -0.482 e. The van der Waals surface area contributed by atoms with E-state index in [1.807, 2.05) is 25.1 Å². The van der Waals surface area contributed by atoms with Crippen molar-refractivity contribution in [1.82, 2.24) is 9.97 Å². The summed E-state index contributed by atoms with van der Waals surface area (Å²) in [5.41, 5.74) is 0.990. The van der Waals surface area contributed by atoms with Crippen molar-refractivity contribution in [2.75, 3.05) is 25.6 Å². The number of hydrogen-bond acceptors (Lipinski definition) is 7. The van der Waals surface area contributed by atoms with Gasteiger partial charge in [0.15, 0.2) is 6.61 Å². The number of benzene rings is 1. The molecule has 0 bridgehead atoms. The summed E-state index contributed by atoms with van der Waals surface area (Å²) in [7, 11) is 1.32. The lowest BCUT2D eigenvalue weighted by Gasteiger charge is -2.09. The Balaban J connectivity index is 1.92. The summed E-state index contributed by atoms with van der Waals surface area (Å²) in [4.78, 5) is 19.2. The van der Waals surface area contributed by atoms with Crippen LogP contribution in [0, 0.1) is 0 Å². The van der Waals surface area contributed by atoms with Crippen LogP contribution in [0.2, 0.25) is 0 Å². The zero-order chi connectivity index (χ0) is 16.5. The van der Waals surface area contributed by atoms with Gasteiger partial charge in [-0.1, -0.05) is 12.1 Å². The normalized spacial score (nSPS) is 10.0. The van der Waals surface area contributed by atoms with Gasteiger partial charge in [0, 0.05) is 12.6 Å². The minimum atomic E-state index is -0.419. The van der Waals surface area contributed by atoms with Crippen molar-refractivity contribution in [1.29, 1.82) is 0 Å². The van der Waals surface area contributed by atoms with Gasteiger partial charge in [0.2, 0.25) is 5.88 Å². The summed E-state index contributed by atoms with van der Waals surface area (Å²) in [5.74, 6) is 1.38. The van der Waals surface area contributed by atoms with E-state index in [0.717, 1.165) is 5.56 Å². The van der Waals surface area contributed by atoms with Gasteiger partial charge < -0.3 is 19.5 Å². The third-order valence-electron chi connectivity index (χ3n) is 2.89. The molecular weight excluding hydrogens is 298 g/mol. The minimum absolute atomic E-state index is 0.114. The van der Waals surface area contributed by atoms with E-state index < -0.39 is 5.97 Å². The fraction of sp³-hybridized carbons (Fsp3) is 0.312. The Kier molecular flexibility index (Phi) is 6.17. The van der Waals surface area contributed by atoms with Gasteiger partial charge in [-0.15, -0.1) is 0 Å². The molecule has 23 heavy (non-hydrogen) atoms. The van der Waals surface area contributed by atoms with Crippen molar-refractivity contribution in [3.05, 3.63) is 42.2 Å². The largest absolute Gasteiger partial charge is 0.482 e. The summed E-state index contributed by atoms with van der Waals surface area (Å²) in [6.45, 7) is 2.89. The molecular formula is C16H19N3O4. The second kappa shape index (κ2) is 8.57. The van der Waals surface area contributed by atoms with Gasteiger partial charge in [0.05, 0.1) is 13.7 Å².